The maximum atomic E-state index is 12.8. The van der Waals surface area contributed by atoms with Gasteiger partial charge in [-0.05, 0) is 55.9 Å². The van der Waals surface area contributed by atoms with E-state index in [2.05, 4.69) is 16.7 Å². The van der Waals surface area contributed by atoms with E-state index >= 15 is 0 Å². The molecule has 4 aliphatic rings. The lowest BCUT2D eigenvalue weighted by Gasteiger charge is -2.36. The molecule has 1 atom stereocenters. The van der Waals surface area contributed by atoms with Gasteiger partial charge in [0.15, 0.2) is 0 Å². The van der Waals surface area contributed by atoms with Crippen molar-refractivity contribution in [3.63, 3.8) is 0 Å². The van der Waals surface area contributed by atoms with E-state index in [1.807, 2.05) is 11.3 Å². The minimum Gasteiger partial charge on any atom is -0.352 e. The summed E-state index contributed by atoms with van der Waals surface area (Å²) >= 11 is 1.92. The Kier molecular flexibility index (Phi) is 5.60. The van der Waals surface area contributed by atoms with Crippen LogP contribution < -0.4 is 4.90 Å². The maximum Gasteiger partial charge on any atom is 0.222 e. The van der Waals surface area contributed by atoms with Gasteiger partial charge in [-0.3, -0.25) is 4.79 Å². The van der Waals surface area contributed by atoms with Crippen LogP contribution in [0.2, 0.25) is 0 Å². The molecule has 3 heterocycles. The average molecular weight is 453 g/mol. The number of piperazine rings is 1. The van der Waals surface area contributed by atoms with Crippen molar-refractivity contribution in [2.45, 2.75) is 83.5 Å². The molecule has 6 heteroatoms. The number of aromatic nitrogens is 2. The van der Waals surface area contributed by atoms with Gasteiger partial charge in [-0.25, -0.2) is 9.97 Å². The highest BCUT2D eigenvalue weighted by molar-refractivity contribution is 7.19. The molecule has 3 aliphatic carbocycles. The van der Waals surface area contributed by atoms with Crippen LogP contribution in [0.5, 0.6) is 0 Å². The van der Waals surface area contributed by atoms with E-state index in [0.29, 0.717) is 11.8 Å². The fourth-order valence-electron chi connectivity index (χ4n) is 6.04. The lowest BCUT2D eigenvalue weighted by atomic mass is 9.89. The van der Waals surface area contributed by atoms with Crippen molar-refractivity contribution in [2.24, 2.45) is 11.8 Å². The molecule has 1 saturated heterocycles. The lowest BCUT2D eigenvalue weighted by molar-refractivity contribution is -0.131. The van der Waals surface area contributed by atoms with Gasteiger partial charge in [-0.2, -0.15) is 0 Å². The van der Waals surface area contributed by atoms with Crippen molar-refractivity contribution >= 4 is 33.3 Å². The molecule has 2 saturated carbocycles. The number of amides is 1. The number of fused-ring (bicyclic) bond motifs is 3. The molecular formula is C26H36N4OS. The molecule has 0 spiro atoms. The summed E-state index contributed by atoms with van der Waals surface area (Å²) in [6.07, 6.45) is 13.3. The summed E-state index contributed by atoms with van der Waals surface area (Å²) in [5.41, 5.74) is 1.52. The first-order valence-corrected chi connectivity index (χ1v) is 13.8. The number of hydrogen-bond acceptors (Lipinski definition) is 5. The molecule has 32 heavy (non-hydrogen) atoms. The number of aryl methyl sites for hydroxylation is 1. The van der Waals surface area contributed by atoms with E-state index in [0.717, 1.165) is 63.1 Å². The third kappa shape index (κ3) is 4.04. The van der Waals surface area contributed by atoms with Gasteiger partial charge in [0.05, 0.1) is 5.39 Å². The third-order valence-electron chi connectivity index (χ3n) is 8.27. The first-order chi connectivity index (χ1) is 15.7. The number of carbonyl (C=O) groups excluding carboxylic acids is 1. The molecule has 172 valence electrons. The van der Waals surface area contributed by atoms with Crippen LogP contribution in [0.1, 0.15) is 86.9 Å². The van der Waals surface area contributed by atoms with Crippen LogP contribution in [0.4, 0.5) is 5.82 Å². The summed E-state index contributed by atoms with van der Waals surface area (Å²) < 4.78 is 0. The van der Waals surface area contributed by atoms with Crippen molar-refractivity contribution in [1.29, 1.82) is 0 Å². The summed E-state index contributed by atoms with van der Waals surface area (Å²) in [6, 6.07) is 0. The number of thiophene rings is 1. The van der Waals surface area contributed by atoms with Crippen LogP contribution in [0.25, 0.3) is 10.2 Å². The Hall–Kier alpha value is -1.69. The van der Waals surface area contributed by atoms with Gasteiger partial charge in [0.2, 0.25) is 5.91 Å². The van der Waals surface area contributed by atoms with Crippen molar-refractivity contribution in [2.75, 3.05) is 31.1 Å². The van der Waals surface area contributed by atoms with Gasteiger partial charge < -0.3 is 9.80 Å². The van der Waals surface area contributed by atoms with Gasteiger partial charge in [0.1, 0.15) is 16.5 Å². The van der Waals surface area contributed by atoms with Gasteiger partial charge >= 0.3 is 0 Å². The molecule has 5 nitrogen and oxygen atoms in total. The highest BCUT2D eigenvalue weighted by Gasteiger charge is 2.32. The fourth-order valence-corrected chi connectivity index (χ4v) is 7.43. The second-order valence-corrected chi connectivity index (χ2v) is 11.9. The molecule has 6 rings (SSSR count). The number of hydrogen-bond donors (Lipinski definition) is 0. The Morgan fingerprint density at radius 2 is 1.81 bits per heavy atom. The Morgan fingerprint density at radius 3 is 2.56 bits per heavy atom. The molecule has 1 amide bonds. The average Bonchev–Trinajstić information content (AvgIpc) is 3.40. The molecule has 0 radical (unpaired) electrons. The molecule has 0 bridgehead atoms. The van der Waals surface area contributed by atoms with Gasteiger partial charge in [-0.1, -0.05) is 32.6 Å². The van der Waals surface area contributed by atoms with E-state index in [1.54, 1.807) is 4.88 Å². The Morgan fingerprint density at radius 1 is 1.03 bits per heavy atom. The third-order valence-corrected chi connectivity index (χ3v) is 9.42. The summed E-state index contributed by atoms with van der Waals surface area (Å²) in [4.78, 5) is 30.4. The lowest BCUT2D eigenvalue weighted by Crippen LogP contribution is -2.49. The zero-order valence-electron chi connectivity index (χ0n) is 19.4. The van der Waals surface area contributed by atoms with Crippen LogP contribution >= 0.6 is 11.3 Å². The molecule has 2 aromatic heterocycles. The van der Waals surface area contributed by atoms with E-state index < -0.39 is 0 Å². The SMILES string of the molecule is CC1CCc2c(sc3nc(C4CC4)nc(N4CCN(C(=O)CCC5CCCC5)CC4)c23)C1. The van der Waals surface area contributed by atoms with Crippen molar-refractivity contribution in [3.8, 4) is 0 Å². The van der Waals surface area contributed by atoms with Crippen molar-refractivity contribution < 1.29 is 4.79 Å². The smallest absolute Gasteiger partial charge is 0.222 e. The number of carbonyl (C=O) groups is 1. The van der Waals surface area contributed by atoms with Crippen LogP contribution in [0.15, 0.2) is 0 Å². The predicted octanol–water partition coefficient (Wildman–Crippen LogP) is 5.31. The van der Waals surface area contributed by atoms with Crippen LogP contribution in [-0.4, -0.2) is 47.0 Å². The Balaban J connectivity index is 1.20. The summed E-state index contributed by atoms with van der Waals surface area (Å²) in [5.74, 6) is 4.73. The van der Waals surface area contributed by atoms with Crippen LogP contribution in [0.3, 0.4) is 0 Å². The second-order valence-electron chi connectivity index (χ2n) is 10.8. The summed E-state index contributed by atoms with van der Waals surface area (Å²) in [5, 5.41) is 1.34. The topological polar surface area (TPSA) is 49.3 Å². The first kappa shape index (κ1) is 20.9. The van der Waals surface area contributed by atoms with Gasteiger partial charge in [-0.15, -0.1) is 11.3 Å². The number of rotatable bonds is 5. The highest BCUT2D eigenvalue weighted by atomic mass is 32.1. The standard InChI is InChI=1S/C26H36N4OS/c1-17-6-10-20-21(16-17)32-26-23(20)25(27-24(28-26)19-8-9-19)30-14-12-29(13-15-30)22(31)11-7-18-4-2-3-5-18/h17-19H,2-16H2,1H3. The Labute approximate surface area is 195 Å². The second kappa shape index (κ2) is 8.58. The minimum atomic E-state index is 0.366. The molecule has 0 N–H and O–H groups in total. The first-order valence-electron chi connectivity index (χ1n) is 13.0. The van der Waals surface area contributed by atoms with Crippen molar-refractivity contribution in [1.82, 2.24) is 14.9 Å². The highest BCUT2D eigenvalue weighted by Crippen LogP contribution is 2.44. The van der Waals surface area contributed by atoms with Crippen molar-refractivity contribution in [3.05, 3.63) is 16.3 Å². The minimum absolute atomic E-state index is 0.366. The van der Waals surface area contributed by atoms with Crippen LogP contribution in [0, 0.1) is 11.8 Å². The largest absolute Gasteiger partial charge is 0.352 e. The molecule has 0 aromatic carbocycles. The predicted molar refractivity (Wildman–Crippen MR) is 131 cm³/mol. The van der Waals surface area contributed by atoms with E-state index in [-0.39, 0.29) is 0 Å². The van der Waals surface area contributed by atoms with Gasteiger partial charge in [0, 0.05) is 43.4 Å². The van der Waals surface area contributed by atoms with E-state index in [4.69, 9.17) is 9.97 Å². The molecule has 3 fully saturated rings. The normalized spacial score (nSPS) is 24.3. The molecule has 1 aliphatic heterocycles. The van der Waals surface area contributed by atoms with Gasteiger partial charge in [0.25, 0.3) is 0 Å². The quantitative estimate of drug-likeness (QED) is 0.617. The van der Waals surface area contributed by atoms with E-state index in [1.165, 1.54) is 73.0 Å². The fraction of sp³-hybridized carbons (Fsp3) is 0.731. The summed E-state index contributed by atoms with van der Waals surface area (Å²) in [6.45, 7) is 5.82. The number of nitrogens with zero attached hydrogens (tertiary/aromatic N) is 4. The molecular weight excluding hydrogens is 416 g/mol. The summed E-state index contributed by atoms with van der Waals surface area (Å²) in [7, 11) is 0. The van der Waals surface area contributed by atoms with Crippen LogP contribution in [-0.2, 0) is 17.6 Å². The van der Waals surface area contributed by atoms with E-state index in [9.17, 15) is 4.79 Å². The zero-order valence-corrected chi connectivity index (χ0v) is 20.3. The zero-order chi connectivity index (χ0) is 21.7. The molecule has 2 aromatic rings. The monoisotopic (exact) mass is 452 g/mol. The number of anilines is 1. The maximum absolute atomic E-state index is 12.8. The Bertz CT molecular complexity index is 999. The molecule has 1 unspecified atom stereocenters.